The minimum Gasteiger partial charge on any atom is -0.398 e. The van der Waals surface area contributed by atoms with Crippen molar-refractivity contribution in [2.75, 3.05) is 37.9 Å². The predicted molar refractivity (Wildman–Crippen MR) is 67.5 cm³/mol. The molecule has 88 valence electrons. The standard InChI is InChI=1S/C11H15BrN2O2/c1-15-11(16-2)6-14(7-11)8-3-4-10(13)9(12)5-8/h3-5H,6-7,13H2,1-2H3. The smallest absolute Gasteiger partial charge is 0.203 e. The van der Waals surface area contributed by atoms with Gasteiger partial charge in [0, 0.05) is 30.1 Å². The highest BCUT2D eigenvalue weighted by Gasteiger charge is 2.43. The SMILES string of the molecule is COC1(OC)CN(c2ccc(N)c(Br)c2)C1. The second kappa shape index (κ2) is 4.24. The number of ether oxygens (including phenoxy) is 2. The van der Waals surface area contributed by atoms with E-state index in [1.807, 2.05) is 18.2 Å². The van der Waals surface area contributed by atoms with E-state index in [2.05, 4.69) is 20.8 Å². The Morgan fingerprint density at radius 3 is 2.44 bits per heavy atom. The maximum absolute atomic E-state index is 5.74. The molecule has 16 heavy (non-hydrogen) atoms. The number of methoxy groups -OCH3 is 2. The van der Waals surface area contributed by atoms with Gasteiger partial charge >= 0.3 is 0 Å². The number of rotatable bonds is 3. The van der Waals surface area contributed by atoms with E-state index < -0.39 is 5.79 Å². The van der Waals surface area contributed by atoms with Gasteiger partial charge in [0.25, 0.3) is 0 Å². The van der Waals surface area contributed by atoms with E-state index in [-0.39, 0.29) is 0 Å². The van der Waals surface area contributed by atoms with Crippen LogP contribution in [0.3, 0.4) is 0 Å². The van der Waals surface area contributed by atoms with E-state index in [1.165, 1.54) is 0 Å². The number of benzene rings is 1. The molecule has 0 spiro atoms. The van der Waals surface area contributed by atoms with Crippen LogP contribution >= 0.6 is 15.9 Å². The first-order chi connectivity index (χ1) is 7.60. The van der Waals surface area contributed by atoms with Gasteiger partial charge < -0.3 is 20.1 Å². The molecule has 1 saturated heterocycles. The fourth-order valence-corrected chi connectivity index (χ4v) is 2.14. The molecule has 0 radical (unpaired) electrons. The monoisotopic (exact) mass is 286 g/mol. The van der Waals surface area contributed by atoms with Gasteiger partial charge in [0.15, 0.2) is 0 Å². The van der Waals surface area contributed by atoms with Gasteiger partial charge in [-0.2, -0.15) is 0 Å². The van der Waals surface area contributed by atoms with Gasteiger partial charge in [-0.1, -0.05) is 0 Å². The molecule has 1 aromatic rings. The van der Waals surface area contributed by atoms with Crippen molar-refractivity contribution in [2.45, 2.75) is 5.79 Å². The molecule has 0 bridgehead atoms. The molecule has 0 aliphatic carbocycles. The van der Waals surface area contributed by atoms with E-state index in [9.17, 15) is 0 Å². The second-order valence-corrected chi connectivity index (χ2v) is 4.74. The lowest BCUT2D eigenvalue weighted by Crippen LogP contribution is -2.64. The second-order valence-electron chi connectivity index (χ2n) is 3.88. The van der Waals surface area contributed by atoms with E-state index in [0.717, 1.165) is 28.9 Å². The summed E-state index contributed by atoms with van der Waals surface area (Å²) in [6, 6.07) is 5.89. The Morgan fingerprint density at radius 2 is 1.94 bits per heavy atom. The van der Waals surface area contributed by atoms with Crippen molar-refractivity contribution in [3.05, 3.63) is 22.7 Å². The summed E-state index contributed by atoms with van der Waals surface area (Å²) in [5.74, 6) is -0.451. The molecule has 0 atom stereocenters. The number of halogens is 1. The van der Waals surface area contributed by atoms with Crippen LogP contribution in [0.2, 0.25) is 0 Å². The molecule has 0 aromatic heterocycles. The van der Waals surface area contributed by atoms with Gasteiger partial charge in [-0.15, -0.1) is 0 Å². The molecule has 1 aliphatic heterocycles. The first-order valence-electron chi connectivity index (χ1n) is 5.00. The number of hydrogen-bond donors (Lipinski definition) is 1. The van der Waals surface area contributed by atoms with Crippen molar-refractivity contribution in [3.8, 4) is 0 Å². The minimum absolute atomic E-state index is 0.451. The molecule has 2 N–H and O–H groups in total. The summed E-state index contributed by atoms with van der Waals surface area (Å²) in [6.45, 7) is 1.46. The fourth-order valence-electron chi connectivity index (χ4n) is 1.77. The number of anilines is 2. The zero-order valence-electron chi connectivity index (χ0n) is 9.37. The Morgan fingerprint density at radius 1 is 1.31 bits per heavy atom. The summed E-state index contributed by atoms with van der Waals surface area (Å²) in [5, 5.41) is 0. The number of nitrogen functional groups attached to an aromatic ring is 1. The average Bonchev–Trinajstić information content (AvgIpc) is 2.23. The van der Waals surface area contributed by atoms with Crippen molar-refractivity contribution >= 4 is 27.3 Å². The Bertz CT molecular complexity index is 386. The molecular weight excluding hydrogens is 272 g/mol. The number of nitrogens with zero attached hydrogens (tertiary/aromatic N) is 1. The molecule has 0 unspecified atom stereocenters. The van der Waals surface area contributed by atoms with Crippen molar-refractivity contribution in [1.82, 2.24) is 0 Å². The summed E-state index contributed by atoms with van der Waals surface area (Å²) in [4.78, 5) is 2.18. The third-order valence-corrected chi connectivity index (χ3v) is 3.64. The van der Waals surface area contributed by atoms with Crippen LogP contribution in [0.4, 0.5) is 11.4 Å². The highest BCUT2D eigenvalue weighted by atomic mass is 79.9. The molecule has 1 aromatic carbocycles. The minimum atomic E-state index is -0.451. The van der Waals surface area contributed by atoms with Crippen LogP contribution in [0.1, 0.15) is 0 Å². The molecule has 0 amide bonds. The van der Waals surface area contributed by atoms with Crippen LogP contribution in [0.25, 0.3) is 0 Å². The molecule has 4 nitrogen and oxygen atoms in total. The predicted octanol–water partition coefficient (Wildman–Crippen LogP) is 1.84. The highest BCUT2D eigenvalue weighted by Crippen LogP contribution is 2.33. The van der Waals surface area contributed by atoms with Crippen molar-refractivity contribution < 1.29 is 9.47 Å². The summed E-state index contributed by atoms with van der Waals surface area (Å²) in [6.07, 6.45) is 0. The van der Waals surface area contributed by atoms with Gasteiger partial charge in [0.05, 0.1) is 13.1 Å². The number of nitrogens with two attached hydrogens (primary N) is 1. The zero-order valence-corrected chi connectivity index (χ0v) is 11.0. The highest BCUT2D eigenvalue weighted by molar-refractivity contribution is 9.10. The van der Waals surface area contributed by atoms with Gasteiger partial charge in [-0.05, 0) is 34.1 Å². The van der Waals surface area contributed by atoms with Crippen LogP contribution in [0.15, 0.2) is 22.7 Å². The molecule has 0 saturated carbocycles. The molecule has 5 heteroatoms. The molecule has 1 heterocycles. The largest absolute Gasteiger partial charge is 0.398 e. The summed E-state index contributed by atoms with van der Waals surface area (Å²) >= 11 is 3.42. The van der Waals surface area contributed by atoms with Crippen LogP contribution in [0, 0.1) is 0 Å². The maximum Gasteiger partial charge on any atom is 0.203 e. The van der Waals surface area contributed by atoms with Gasteiger partial charge in [-0.3, -0.25) is 0 Å². The third-order valence-electron chi connectivity index (χ3n) is 2.96. The molecule has 1 aliphatic rings. The van der Waals surface area contributed by atoms with Crippen molar-refractivity contribution in [2.24, 2.45) is 0 Å². The Labute approximate surface area is 103 Å². The van der Waals surface area contributed by atoms with Crippen LogP contribution in [-0.4, -0.2) is 33.1 Å². The number of hydrogen-bond acceptors (Lipinski definition) is 4. The van der Waals surface area contributed by atoms with Crippen LogP contribution < -0.4 is 10.6 Å². The van der Waals surface area contributed by atoms with E-state index in [1.54, 1.807) is 14.2 Å². The average molecular weight is 287 g/mol. The summed E-state index contributed by atoms with van der Waals surface area (Å²) in [5.41, 5.74) is 7.60. The summed E-state index contributed by atoms with van der Waals surface area (Å²) in [7, 11) is 3.33. The van der Waals surface area contributed by atoms with E-state index in [0.29, 0.717) is 0 Å². The lowest BCUT2D eigenvalue weighted by atomic mass is 10.1. The lowest BCUT2D eigenvalue weighted by Gasteiger charge is -2.48. The molecule has 2 rings (SSSR count). The fraction of sp³-hybridized carbons (Fsp3) is 0.455. The summed E-state index contributed by atoms with van der Waals surface area (Å²) < 4.78 is 11.6. The van der Waals surface area contributed by atoms with Crippen LogP contribution in [0.5, 0.6) is 0 Å². The Hall–Kier alpha value is -0.780. The Balaban J connectivity index is 2.09. The van der Waals surface area contributed by atoms with Gasteiger partial charge in [-0.25, -0.2) is 0 Å². The quantitative estimate of drug-likeness (QED) is 0.680. The van der Waals surface area contributed by atoms with E-state index >= 15 is 0 Å². The molecule has 1 fully saturated rings. The zero-order chi connectivity index (χ0) is 11.8. The third kappa shape index (κ3) is 1.90. The lowest BCUT2D eigenvalue weighted by molar-refractivity contribution is -0.219. The van der Waals surface area contributed by atoms with Gasteiger partial charge in [0.1, 0.15) is 0 Å². The van der Waals surface area contributed by atoms with Crippen molar-refractivity contribution in [3.63, 3.8) is 0 Å². The van der Waals surface area contributed by atoms with E-state index in [4.69, 9.17) is 15.2 Å². The van der Waals surface area contributed by atoms with Crippen molar-refractivity contribution in [1.29, 1.82) is 0 Å². The normalized spacial score (nSPS) is 18.3. The van der Waals surface area contributed by atoms with Gasteiger partial charge in [0.2, 0.25) is 5.79 Å². The maximum atomic E-state index is 5.74. The first kappa shape index (κ1) is 11.7. The first-order valence-corrected chi connectivity index (χ1v) is 5.80. The molecular formula is C11H15BrN2O2. The Kier molecular flexibility index (Phi) is 3.10. The topological polar surface area (TPSA) is 47.7 Å². The van der Waals surface area contributed by atoms with Crippen LogP contribution in [-0.2, 0) is 9.47 Å².